The predicted molar refractivity (Wildman–Crippen MR) is 104 cm³/mol. The number of nitrogens with zero attached hydrogens (tertiary/aromatic N) is 1. The number of benzene rings is 3. The molecule has 4 nitrogen and oxygen atoms in total. The van der Waals surface area contributed by atoms with Gasteiger partial charge in [-0.2, -0.15) is 0 Å². The number of hydrogen-bond acceptors (Lipinski definition) is 4. The van der Waals surface area contributed by atoms with Crippen LogP contribution in [0.1, 0.15) is 15.9 Å². The van der Waals surface area contributed by atoms with Gasteiger partial charge in [0.25, 0.3) is 11.1 Å². The fraction of sp³-hybridized carbons (Fsp3) is 0.0476. The first kappa shape index (κ1) is 18.2. The molecule has 1 heterocycles. The van der Waals surface area contributed by atoms with Gasteiger partial charge in [-0.3, -0.25) is 4.79 Å². The van der Waals surface area contributed by atoms with Crippen LogP contribution in [0.25, 0.3) is 11.1 Å². The number of carbonyl (C=O) groups excluding carboxylic acids is 1. The zero-order valence-corrected chi connectivity index (χ0v) is 15.3. The number of para-hydroxylation sites is 2. The second kappa shape index (κ2) is 7.82. The van der Waals surface area contributed by atoms with Gasteiger partial charge in [0.2, 0.25) is 0 Å². The molecule has 0 aliphatic heterocycles. The van der Waals surface area contributed by atoms with E-state index in [1.54, 1.807) is 12.1 Å². The van der Waals surface area contributed by atoms with Crippen LogP contribution in [0.5, 0.6) is 0 Å². The molecule has 28 heavy (non-hydrogen) atoms. The van der Waals surface area contributed by atoms with E-state index in [1.165, 1.54) is 17.8 Å². The molecule has 7 heteroatoms. The molecule has 0 unspecified atom stereocenters. The zero-order chi connectivity index (χ0) is 19.5. The molecular formula is C21H14F2N2O2S. The highest BCUT2D eigenvalue weighted by molar-refractivity contribution is 7.98. The van der Waals surface area contributed by atoms with Crippen LogP contribution in [0.2, 0.25) is 0 Å². The fourth-order valence-electron chi connectivity index (χ4n) is 2.69. The van der Waals surface area contributed by atoms with Crippen LogP contribution >= 0.6 is 11.8 Å². The number of nitrogens with one attached hydrogen (secondary N) is 1. The Morgan fingerprint density at radius 3 is 2.61 bits per heavy atom. The summed E-state index contributed by atoms with van der Waals surface area (Å²) < 4.78 is 32.1. The third kappa shape index (κ3) is 3.89. The molecule has 0 bridgehead atoms. The molecule has 0 spiro atoms. The number of carbonyl (C=O) groups is 1. The van der Waals surface area contributed by atoms with Gasteiger partial charge in [0.15, 0.2) is 17.2 Å². The van der Waals surface area contributed by atoms with Crippen LogP contribution < -0.4 is 5.32 Å². The van der Waals surface area contributed by atoms with Crippen molar-refractivity contribution in [2.45, 2.75) is 11.0 Å². The molecule has 140 valence electrons. The van der Waals surface area contributed by atoms with Crippen molar-refractivity contribution >= 4 is 34.5 Å². The molecule has 0 saturated carbocycles. The Bertz CT molecular complexity index is 1130. The summed E-state index contributed by atoms with van der Waals surface area (Å²) in [4.78, 5) is 17.0. The van der Waals surface area contributed by atoms with Crippen molar-refractivity contribution in [3.05, 3.63) is 89.5 Å². The lowest BCUT2D eigenvalue weighted by Gasteiger charge is -2.09. The van der Waals surface area contributed by atoms with E-state index in [-0.39, 0.29) is 5.69 Å². The van der Waals surface area contributed by atoms with Gasteiger partial charge in [-0.1, -0.05) is 42.1 Å². The van der Waals surface area contributed by atoms with E-state index in [9.17, 15) is 13.6 Å². The Hall–Kier alpha value is -3.19. The lowest BCUT2D eigenvalue weighted by molar-refractivity contribution is 0.102. The van der Waals surface area contributed by atoms with Crippen LogP contribution in [0.4, 0.5) is 14.5 Å². The minimum absolute atomic E-state index is 0.185. The van der Waals surface area contributed by atoms with E-state index in [2.05, 4.69) is 10.3 Å². The highest BCUT2D eigenvalue weighted by Crippen LogP contribution is 2.27. The third-order valence-corrected chi connectivity index (χ3v) is 4.94. The van der Waals surface area contributed by atoms with Crippen molar-refractivity contribution in [1.29, 1.82) is 0 Å². The Morgan fingerprint density at radius 1 is 1.00 bits per heavy atom. The van der Waals surface area contributed by atoms with E-state index in [1.807, 2.05) is 36.4 Å². The lowest BCUT2D eigenvalue weighted by Crippen LogP contribution is -2.14. The van der Waals surface area contributed by atoms with Crippen molar-refractivity contribution in [2.24, 2.45) is 0 Å². The van der Waals surface area contributed by atoms with Gasteiger partial charge in [0.05, 0.1) is 0 Å². The number of aromatic nitrogens is 1. The molecule has 1 amide bonds. The topological polar surface area (TPSA) is 55.1 Å². The minimum Gasteiger partial charge on any atom is -0.431 e. The normalized spacial score (nSPS) is 10.9. The molecule has 4 rings (SSSR count). The van der Waals surface area contributed by atoms with Gasteiger partial charge in [-0.25, -0.2) is 13.8 Å². The Balaban J connectivity index is 1.51. The van der Waals surface area contributed by atoms with Crippen molar-refractivity contribution in [3.8, 4) is 0 Å². The van der Waals surface area contributed by atoms with Crippen LogP contribution in [0, 0.1) is 11.6 Å². The Labute approximate surface area is 163 Å². The number of fused-ring (bicyclic) bond motifs is 1. The summed E-state index contributed by atoms with van der Waals surface area (Å²) in [5.41, 5.74) is 2.87. The van der Waals surface area contributed by atoms with Crippen molar-refractivity contribution in [3.63, 3.8) is 0 Å². The second-order valence-corrected chi connectivity index (χ2v) is 6.90. The van der Waals surface area contributed by atoms with E-state index in [0.717, 1.165) is 23.2 Å². The zero-order valence-electron chi connectivity index (χ0n) is 14.5. The number of thioether (sulfide) groups is 1. The maximum Gasteiger partial charge on any atom is 0.257 e. The van der Waals surface area contributed by atoms with Crippen LogP contribution in [-0.2, 0) is 5.75 Å². The van der Waals surface area contributed by atoms with Gasteiger partial charge in [-0.15, -0.1) is 0 Å². The van der Waals surface area contributed by atoms with E-state index in [4.69, 9.17) is 4.42 Å². The van der Waals surface area contributed by atoms with E-state index >= 15 is 0 Å². The van der Waals surface area contributed by atoms with Gasteiger partial charge in [0.1, 0.15) is 5.52 Å². The van der Waals surface area contributed by atoms with Crippen molar-refractivity contribution in [1.82, 2.24) is 4.98 Å². The molecule has 1 aromatic heterocycles. The maximum atomic E-state index is 13.4. The molecule has 0 atom stereocenters. The summed E-state index contributed by atoms with van der Waals surface area (Å²) in [5, 5.41) is 3.10. The largest absolute Gasteiger partial charge is 0.431 e. The van der Waals surface area contributed by atoms with E-state index in [0.29, 0.717) is 22.1 Å². The lowest BCUT2D eigenvalue weighted by atomic mass is 10.1. The quantitative estimate of drug-likeness (QED) is 0.443. The fourth-order valence-corrected chi connectivity index (χ4v) is 3.53. The molecule has 0 saturated heterocycles. The Kier molecular flexibility index (Phi) is 5.08. The Morgan fingerprint density at radius 2 is 1.79 bits per heavy atom. The maximum absolute atomic E-state index is 13.4. The second-order valence-electron chi connectivity index (χ2n) is 5.98. The SMILES string of the molecule is O=C(Nc1ccc(F)c(F)c1)c1ccccc1CSc1nc2ccccc2o1. The predicted octanol–water partition coefficient (Wildman–Crippen LogP) is 5.65. The molecule has 1 N–H and O–H groups in total. The first-order chi connectivity index (χ1) is 13.6. The molecule has 0 radical (unpaired) electrons. The summed E-state index contributed by atoms with van der Waals surface area (Å²) in [6.07, 6.45) is 0. The van der Waals surface area contributed by atoms with E-state index < -0.39 is 17.5 Å². The molecule has 0 aliphatic carbocycles. The number of rotatable bonds is 5. The monoisotopic (exact) mass is 396 g/mol. The summed E-state index contributed by atoms with van der Waals surface area (Å²) in [6.45, 7) is 0. The average molecular weight is 396 g/mol. The summed E-state index contributed by atoms with van der Waals surface area (Å²) in [6, 6.07) is 17.8. The summed E-state index contributed by atoms with van der Waals surface area (Å²) >= 11 is 1.37. The summed E-state index contributed by atoms with van der Waals surface area (Å²) in [5.74, 6) is -1.92. The molecule has 0 fully saturated rings. The number of amides is 1. The molecular weight excluding hydrogens is 382 g/mol. The van der Waals surface area contributed by atoms with Gasteiger partial charge in [0, 0.05) is 23.1 Å². The first-order valence-electron chi connectivity index (χ1n) is 8.43. The van der Waals surface area contributed by atoms with Crippen LogP contribution in [0.15, 0.2) is 76.4 Å². The number of oxazole rings is 1. The highest BCUT2D eigenvalue weighted by atomic mass is 32.2. The van der Waals surface area contributed by atoms with Crippen LogP contribution in [-0.4, -0.2) is 10.9 Å². The molecule has 4 aromatic rings. The average Bonchev–Trinajstić information content (AvgIpc) is 3.12. The van der Waals surface area contributed by atoms with Crippen molar-refractivity contribution in [2.75, 3.05) is 5.32 Å². The molecule has 3 aromatic carbocycles. The summed E-state index contributed by atoms with van der Waals surface area (Å²) in [7, 11) is 0. The highest BCUT2D eigenvalue weighted by Gasteiger charge is 2.14. The smallest absolute Gasteiger partial charge is 0.257 e. The minimum atomic E-state index is -1.02. The standard InChI is InChI=1S/C21H14F2N2O2S/c22-16-10-9-14(11-17(16)23)24-20(26)15-6-2-1-5-13(15)12-28-21-25-18-7-3-4-8-19(18)27-21/h1-11H,12H2,(H,24,26). The van der Waals surface area contributed by atoms with Crippen LogP contribution in [0.3, 0.4) is 0 Å². The van der Waals surface area contributed by atoms with Gasteiger partial charge >= 0.3 is 0 Å². The van der Waals surface area contributed by atoms with Gasteiger partial charge in [-0.05, 0) is 35.9 Å². The number of anilines is 1. The molecule has 0 aliphatic rings. The van der Waals surface area contributed by atoms with Gasteiger partial charge < -0.3 is 9.73 Å². The number of hydrogen-bond donors (Lipinski definition) is 1. The third-order valence-electron chi connectivity index (χ3n) is 4.06. The first-order valence-corrected chi connectivity index (χ1v) is 9.41. The van der Waals surface area contributed by atoms with Crippen molar-refractivity contribution < 1.29 is 18.0 Å². The number of halogens is 2.